The van der Waals surface area contributed by atoms with Crippen LogP contribution in [-0.2, 0) is 6.42 Å². The molecule has 0 saturated heterocycles. The van der Waals surface area contributed by atoms with E-state index in [2.05, 4.69) is 12.1 Å². The second-order valence-corrected chi connectivity index (χ2v) is 7.48. The van der Waals surface area contributed by atoms with Gasteiger partial charge in [0.05, 0.1) is 7.11 Å². The first-order chi connectivity index (χ1) is 17.5. The molecule has 6 heteroatoms. The van der Waals surface area contributed by atoms with Gasteiger partial charge in [0.1, 0.15) is 23.0 Å². The second-order valence-electron chi connectivity index (χ2n) is 6.78. The van der Waals surface area contributed by atoms with Crippen molar-refractivity contribution >= 4 is 11.9 Å². The van der Waals surface area contributed by atoms with E-state index >= 15 is 0 Å². The fourth-order valence-electron chi connectivity index (χ4n) is 2.91. The minimum Gasteiger partial charge on any atom is -0.508 e. The van der Waals surface area contributed by atoms with Crippen LogP contribution in [0.5, 0.6) is 23.0 Å². The number of phenolic OH excluding ortho intramolecular Hbond substituents is 1. The van der Waals surface area contributed by atoms with Gasteiger partial charge in [0.25, 0.3) is 0 Å². The van der Waals surface area contributed by atoms with Crippen LogP contribution in [0.3, 0.4) is 0 Å². The maximum atomic E-state index is 9.27. The van der Waals surface area contributed by atoms with Crippen LogP contribution in [0.2, 0.25) is 0 Å². The Kier molecular flexibility index (Phi) is 22.5. The first-order valence-corrected chi connectivity index (χ1v) is 13.5. The van der Waals surface area contributed by atoms with Crippen molar-refractivity contribution in [1.29, 1.82) is 0 Å². The smallest absolute Gasteiger partial charge is 0.133 e. The lowest BCUT2D eigenvalue weighted by Crippen LogP contribution is -1.96. The average Bonchev–Trinajstić information content (AvgIpc) is 2.94. The lowest BCUT2D eigenvalue weighted by atomic mass is 10.0. The Morgan fingerprint density at radius 2 is 1.25 bits per heavy atom. The number of aromatic hydroxyl groups is 1. The number of rotatable bonds is 7. The molecule has 0 fully saturated rings. The standard InChI is InChI=1S/C17H20O3.C7H9NOS.3C2H6/c1-12-10-14(4-3-9-18)11-13(2)17(12)20-16-7-5-15(19)6-8-16;1-9-6-2-4-7(10-8)5-3-6;3*1-2/h5-8,10-11,18-19H,3-4,9H2,1-2H3;2-5H,8H2,1H3;3*1-2H3. The number of methoxy groups -OCH3 is 1. The first kappa shape index (κ1) is 35.5. The Labute approximate surface area is 223 Å². The zero-order valence-electron chi connectivity index (χ0n) is 23.6. The predicted molar refractivity (Wildman–Crippen MR) is 157 cm³/mol. The topological polar surface area (TPSA) is 84.9 Å². The Hall–Kier alpha value is -2.67. The van der Waals surface area contributed by atoms with Gasteiger partial charge in [-0.3, -0.25) is 5.14 Å². The van der Waals surface area contributed by atoms with Crippen LogP contribution in [0.25, 0.3) is 0 Å². The Balaban J connectivity index is 0. The second kappa shape index (κ2) is 22.8. The lowest BCUT2D eigenvalue weighted by Gasteiger charge is -2.14. The van der Waals surface area contributed by atoms with E-state index in [0.29, 0.717) is 5.75 Å². The van der Waals surface area contributed by atoms with Crippen molar-refractivity contribution in [3.8, 4) is 23.0 Å². The number of aliphatic hydroxyl groups is 1. The van der Waals surface area contributed by atoms with Crippen LogP contribution in [0.15, 0.2) is 65.6 Å². The van der Waals surface area contributed by atoms with E-state index in [9.17, 15) is 5.11 Å². The van der Waals surface area contributed by atoms with Gasteiger partial charge in [0.2, 0.25) is 0 Å². The highest BCUT2D eigenvalue weighted by Crippen LogP contribution is 2.31. The van der Waals surface area contributed by atoms with E-state index in [1.807, 2.05) is 79.7 Å². The number of ether oxygens (including phenoxy) is 2. The molecule has 0 aliphatic carbocycles. The lowest BCUT2D eigenvalue weighted by molar-refractivity contribution is 0.288. The van der Waals surface area contributed by atoms with Gasteiger partial charge in [0.15, 0.2) is 0 Å². The van der Waals surface area contributed by atoms with Crippen LogP contribution >= 0.6 is 11.9 Å². The summed E-state index contributed by atoms with van der Waals surface area (Å²) in [6.07, 6.45) is 1.65. The van der Waals surface area contributed by atoms with Gasteiger partial charge >= 0.3 is 0 Å². The number of nitrogens with two attached hydrogens (primary N) is 1. The fourth-order valence-corrected chi connectivity index (χ4v) is 3.21. The van der Waals surface area contributed by atoms with Crippen molar-refractivity contribution in [2.45, 2.75) is 73.1 Å². The van der Waals surface area contributed by atoms with Gasteiger partial charge in [-0.1, -0.05) is 53.7 Å². The zero-order valence-corrected chi connectivity index (χ0v) is 24.4. The molecule has 5 nitrogen and oxygen atoms in total. The summed E-state index contributed by atoms with van der Waals surface area (Å²) < 4.78 is 10.9. The molecule has 0 saturated carbocycles. The third-order valence-electron chi connectivity index (χ3n) is 4.40. The molecular formula is C30H47NO4S. The first-order valence-electron chi connectivity index (χ1n) is 12.7. The van der Waals surface area contributed by atoms with Gasteiger partial charge in [-0.05, 0) is 104 Å². The molecule has 0 aliphatic rings. The van der Waals surface area contributed by atoms with Crippen molar-refractivity contribution < 1.29 is 19.7 Å². The summed E-state index contributed by atoms with van der Waals surface area (Å²) >= 11 is 1.23. The van der Waals surface area contributed by atoms with Crippen LogP contribution in [0.1, 0.15) is 64.7 Å². The molecule has 0 aliphatic heterocycles. The number of aliphatic hydroxyl groups excluding tert-OH is 1. The molecule has 0 radical (unpaired) electrons. The molecule has 0 heterocycles. The summed E-state index contributed by atoms with van der Waals surface area (Å²) in [4.78, 5) is 1.04. The molecule has 3 aromatic carbocycles. The van der Waals surface area contributed by atoms with Crippen molar-refractivity contribution in [3.63, 3.8) is 0 Å². The molecule has 0 spiro atoms. The minimum atomic E-state index is 0.212. The molecular weight excluding hydrogens is 470 g/mol. The number of hydrogen-bond acceptors (Lipinski definition) is 6. The molecule has 0 bridgehead atoms. The highest BCUT2D eigenvalue weighted by atomic mass is 32.2. The maximum Gasteiger partial charge on any atom is 0.133 e. The van der Waals surface area contributed by atoms with Gasteiger partial charge in [-0.25, -0.2) is 0 Å². The number of phenols is 1. The molecule has 202 valence electrons. The summed E-state index contributed by atoms with van der Waals surface area (Å²) in [6.45, 7) is 16.3. The van der Waals surface area contributed by atoms with Gasteiger partial charge in [0, 0.05) is 11.5 Å². The quantitative estimate of drug-likeness (QED) is 0.273. The summed E-state index contributed by atoms with van der Waals surface area (Å²) in [6, 6.07) is 18.5. The summed E-state index contributed by atoms with van der Waals surface area (Å²) in [5.74, 6) is 2.64. The predicted octanol–water partition coefficient (Wildman–Crippen LogP) is 8.47. The van der Waals surface area contributed by atoms with E-state index in [0.717, 1.165) is 40.4 Å². The minimum absolute atomic E-state index is 0.212. The molecule has 0 unspecified atom stereocenters. The van der Waals surface area contributed by atoms with Gasteiger partial charge in [-0.15, -0.1) is 0 Å². The highest BCUT2D eigenvalue weighted by Gasteiger charge is 2.08. The summed E-state index contributed by atoms with van der Waals surface area (Å²) in [5.41, 5.74) is 3.36. The van der Waals surface area contributed by atoms with Crippen LogP contribution < -0.4 is 14.6 Å². The Morgan fingerprint density at radius 3 is 1.67 bits per heavy atom. The third-order valence-corrected chi connectivity index (χ3v) is 4.94. The van der Waals surface area contributed by atoms with E-state index in [1.54, 1.807) is 31.4 Å². The molecule has 36 heavy (non-hydrogen) atoms. The summed E-state index contributed by atoms with van der Waals surface area (Å²) in [7, 11) is 1.64. The van der Waals surface area contributed by atoms with Crippen molar-refractivity contribution in [1.82, 2.24) is 0 Å². The van der Waals surface area contributed by atoms with Crippen LogP contribution in [-0.4, -0.2) is 23.9 Å². The van der Waals surface area contributed by atoms with Gasteiger partial charge < -0.3 is 19.7 Å². The number of aryl methyl sites for hydroxylation is 3. The fraction of sp³-hybridized carbons (Fsp3) is 0.400. The molecule has 4 N–H and O–H groups in total. The molecule has 0 atom stereocenters. The van der Waals surface area contributed by atoms with Crippen molar-refractivity contribution in [2.75, 3.05) is 13.7 Å². The third kappa shape index (κ3) is 14.0. The van der Waals surface area contributed by atoms with E-state index in [4.69, 9.17) is 19.7 Å². The number of hydrogen-bond donors (Lipinski definition) is 3. The maximum absolute atomic E-state index is 9.27. The molecule has 0 aromatic heterocycles. The Morgan fingerprint density at radius 1 is 0.778 bits per heavy atom. The van der Waals surface area contributed by atoms with Crippen LogP contribution in [0, 0.1) is 13.8 Å². The largest absolute Gasteiger partial charge is 0.508 e. The Bertz CT molecular complexity index is 867. The van der Waals surface area contributed by atoms with Crippen LogP contribution in [0.4, 0.5) is 0 Å². The molecule has 3 aromatic rings. The molecule has 0 amide bonds. The average molecular weight is 518 g/mol. The highest BCUT2D eigenvalue weighted by molar-refractivity contribution is 7.97. The molecule has 3 rings (SSSR count). The number of benzene rings is 3. The summed E-state index contributed by atoms with van der Waals surface area (Å²) in [5, 5.41) is 23.5. The van der Waals surface area contributed by atoms with Crippen molar-refractivity contribution in [2.24, 2.45) is 5.14 Å². The van der Waals surface area contributed by atoms with E-state index in [1.165, 1.54) is 17.5 Å². The van der Waals surface area contributed by atoms with Gasteiger partial charge in [-0.2, -0.15) is 0 Å². The SMILES string of the molecule is CC.CC.CC.COc1ccc(SN)cc1.Cc1cc(CCCO)cc(C)c1Oc1ccc(O)cc1. The van der Waals surface area contributed by atoms with E-state index in [-0.39, 0.29) is 12.4 Å². The van der Waals surface area contributed by atoms with Crippen molar-refractivity contribution in [3.05, 3.63) is 77.4 Å². The van der Waals surface area contributed by atoms with E-state index < -0.39 is 0 Å². The normalized spacial score (nSPS) is 8.97. The zero-order chi connectivity index (χ0) is 27.9. The monoisotopic (exact) mass is 517 g/mol.